The predicted octanol–water partition coefficient (Wildman–Crippen LogP) is 3.58. The zero-order valence-corrected chi connectivity index (χ0v) is 15.1. The van der Waals surface area contributed by atoms with Crippen LogP contribution in [0, 0.1) is 6.92 Å². The molecular weight excluding hydrogens is 310 g/mol. The summed E-state index contributed by atoms with van der Waals surface area (Å²) in [5.74, 6) is 0. The van der Waals surface area contributed by atoms with Crippen molar-refractivity contribution in [3.8, 4) is 0 Å². The third-order valence-corrected chi connectivity index (χ3v) is 4.80. The van der Waals surface area contributed by atoms with Crippen molar-refractivity contribution in [2.45, 2.75) is 44.9 Å². The summed E-state index contributed by atoms with van der Waals surface area (Å²) in [6.45, 7) is 5.39. The molecule has 0 spiro atoms. The number of aryl methyl sites for hydroxylation is 1. The lowest BCUT2D eigenvalue weighted by Gasteiger charge is -2.27. The second-order valence-corrected chi connectivity index (χ2v) is 7.16. The number of aliphatic hydroxyl groups excluding tert-OH is 1. The molecule has 1 aliphatic heterocycles. The lowest BCUT2D eigenvalue weighted by molar-refractivity contribution is 0.0464. The van der Waals surface area contributed by atoms with Crippen molar-refractivity contribution in [1.29, 1.82) is 0 Å². The van der Waals surface area contributed by atoms with Crippen LogP contribution in [0.2, 0.25) is 0 Å². The Hall–Kier alpha value is -1.68. The molecule has 25 heavy (non-hydrogen) atoms. The van der Waals surface area contributed by atoms with Gasteiger partial charge in [-0.05, 0) is 37.3 Å². The van der Waals surface area contributed by atoms with E-state index < -0.39 is 0 Å². The highest BCUT2D eigenvalue weighted by Crippen LogP contribution is 2.16. The summed E-state index contributed by atoms with van der Waals surface area (Å²) < 4.78 is 5.82. The van der Waals surface area contributed by atoms with Gasteiger partial charge in [-0.2, -0.15) is 0 Å². The van der Waals surface area contributed by atoms with Gasteiger partial charge in [-0.15, -0.1) is 0 Å². The van der Waals surface area contributed by atoms with Gasteiger partial charge in [-0.25, -0.2) is 0 Å². The highest BCUT2D eigenvalue weighted by molar-refractivity contribution is 5.21. The fraction of sp³-hybridized carbons (Fsp3) is 0.455. The third kappa shape index (κ3) is 5.96. The lowest BCUT2D eigenvalue weighted by Crippen LogP contribution is -2.38. The average molecular weight is 339 g/mol. The minimum Gasteiger partial charge on any atom is -0.391 e. The molecule has 3 nitrogen and oxygen atoms in total. The summed E-state index contributed by atoms with van der Waals surface area (Å²) in [4.78, 5) is 2.34. The van der Waals surface area contributed by atoms with Crippen molar-refractivity contribution < 1.29 is 9.84 Å². The molecule has 134 valence electrons. The highest BCUT2D eigenvalue weighted by Gasteiger charge is 2.21. The fourth-order valence-electron chi connectivity index (χ4n) is 3.48. The van der Waals surface area contributed by atoms with Gasteiger partial charge in [0.1, 0.15) is 0 Å². The summed E-state index contributed by atoms with van der Waals surface area (Å²) >= 11 is 0. The van der Waals surface area contributed by atoms with Gasteiger partial charge in [0, 0.05) is 26.2 Å². The van der Waals surface area contributed by atoms with Gasteiger partial charge in [0.2, 0.25) is 0 Å². The number of benzene rings is 2. The number of hydrogen-bond acceptors (Lipinski definition) is 3. The Labute approximate surface area is 151 Å². The van der Waals surface area contributed by atoms with E-state index in [9.17, 15) is 5.11 Å². The number of rotatable bonds is 8. The molecule has 2 aromatic carbocycles. The number of aliphatic hydroxyl groups is 1. The van der Waals surface area contributed by atoms with E-state index in [-0.39, 0.29) is 6.10 Å². The molecule has 0 amide bonds. The minimum absolute atomic E-state index is 0.300. The van der Waals surface area contributed by atoms with Crippen LogP contribution >= 0.6 is 0 Å². The molecule has 0 radical (unpaired) electrons. The Morgan fingerprint density at radius 3 is 2.52 bits per heavy atom. The van der Waals surface area contributed by atoms with E-state index in [2.05, 4.69) is 48.2 Å². The minimum atomic E-state index is -0.366. The Kier molecular flexibility index (Phi) is 6.62. The molecule has 0 aliphatic carbocycles. The van der Waals surface area contributed by atoms with Crippen molar-refractivity contribution in [3.05, 3.63) is 71.3 Å². The molecule has 2 atom stereocenters. The van der Waals surface area contributed by atoms with Crippen molar-refractivity contribution in [1.82, 2.24) is 4.90 Å². The standard InChI is InChI=1S/C22H29NO2/c1-18-9-11-20(12-10-18)15-23(17-22-8-5-13-25-22)16-21(24)14-19-6-3-2-4-7-19/h2-4,6-7,9-12,21-22,24H,5,8,13-17H2,1H3/t21-,22+/m1/s1. The monoisotopic (exact) mass is 339 g/mol. The largest absolute Gasteiger partial charge is 0.391 e. The second-order valence-electron chi connectivity index (χ2n) is 7.16. The van der Waals surface area contributed by atoms with Crippen molar-refractivity contribution in [2.75, 3.05) is 19.7 Å². The van der Waals surface area contributed by atoms with Crippen LogP contribution in [0.15, 0.2) is 54.6 Å². The molecular formula is C22H29NO2. The zero-order chi connectivity index (χ0) is 17.5. The number of nitrogens with zero attached hydrogens (tertiary/aromatic N) is 1. The average Bonchev–Trinajstić information content (AvgIpc) is 3.10. The van der Waals surface area contributed by atoms with Gasteiger partial charge in [0.05, 0.1) is 12.2 Å². The molecule has 0 saturated carbocycles. The van der Waals surface area contributed by atoms with Gasteiger partial charge in [-0.3, -0.25) is 4.90 Å². The zero-order valence-electron chi connectivity index (χ0n) is 15.1. The Morgan fingerprint density at radius 1 is 1.08 bits per heavy atom. The summed E-state index contributed by atoms with van der Waals surface area (Å²) in [6.07, 6.45) is 2.90. The van der Waals surface area contributed by atoms with Gasteiger partial charge in [0.25, 0.3) is 0 Å². The van der Waals surface area contributed by atoms with Crippen LogP contribution in [0.4, 0.5) is 0 Å². The smallest absolute Gasteiger partial charge is 0.0707 e. The van der Waals surface area contributed by atoms with E-state index in [4.69, 9.17) is 4.74 Å². The topological polar surface area (TPSA) is 32.7 Å². The molecule has 1 aliphatic rings. The van der Waals surface area contributed by atoms with E-state index >= 15 is 0 Å². The SMILES string of the molecule is Cc1ccc(CN(C[C@H](O)Cc2ccccc2)C[C@@H]2CCCO2)cc1. The predicted molar refractivity (Wildman–Crippen MR) is 102 cm³/mol. The molecule has 1 N–H and O–H groups in total. The molecule has 3 rings (SSSR count). The Bertz CT molecular complexity index is 620. The van der Waals surface area contributed by atoms with Crippen molar-refractivity contribution in [2.24, 2.45) is 0 Å². The van der Waals surface area contributed by atoms with Crippen LogP contribution in [-0.2, 0) is 17.7 Å². The molecule has 3 heteroatoms. The first kappa shape index (κ1) is 18.1. The fourth-order valence-corrected chi connectivity index (χ4v) is 3.48. The molecule has 1 fully saturated rings. The van der Waals surface area contributed by atoms with Gasteiger partial charge < -0.3 is 9.84 Å². The first-order valence-electron chi connectivity index (χ1n) is 9.30. The Balaban J connectivity index is 1.61. The summed E-state index contributed by atoms with van der Waals surface area (Å²) in [6, 6.07) is 18.9. The normalized spacial score (nSPS) is 18.6. The summed E-state index contributed by atoms with van der Waals surface area (Å²) in [5, 5.41) is 10.6. The Morgan fingerprint density at radius 2 is 1.84 bits per heavy atom. The van der Waals surface area contributed by atoms with Crippen LogP contribution in [0.3, 0.4) is 0 Å². The van der Waals surface area contributed by atoms with Crippen molar-refractivity contribution >= 4 is 0 Å². The van der Waals surface area contributed by atoms with Crippen LogP contribution in [0.25, 0.3) is 0 Å². The van der Waals surface area contributed by atoms with E-state index in [0.717, 1.165) is 32.5 Å². The van der Waals surface area contributed by atoms with E-state index in [1.807, 2.05) is 18.2 Å². The van der Waals surface area contributed by atoms with Crippen LogP contribution in [-0.4, -0.2) is 41.9 Å². The van der Waals surface area contributed by atoms with Crippen LogP contribution in [0.1, 0.15) is 29.5 Å². The first-order valence-corrected chi connectivity index (χ1v) is 9.30. The van der Waals surface area contributed by atoms with Gasteiger partial charge in [0.15, 0.2) is 0 Å². The quantitative estimate of drug-likeness (QED) is 0.798. The third-order valence-electron chi connectivity index (χ3n) is 4.80. The maximum Gasteiger partial charge on any atom is 0.0707 e. The summed E-state index contributed by atoms with van der Waals surface area (Å²) in [5.41, 5.74) is 3.75. The van der Waals surface area contributed by atoms with E-state index in [1.54, 1.807) is 0 Å². The van der Waals surface area contributed by atoms with Gasteiger partial charge in [-0.1, -0.05) is 60.2 Å². The molecule has 0 bridgehead atoms. The number of ether oxygens (including phenoxy) is 1. The second kappa shape index (κ2) is 9.14. The van der Waals surface area contributed by atoms with E-state index in [1.165, 1.54) is 16.7 Å². The van der Waals surface area contributed by atoms with Crippen molar-refractivity contribution in [3.63, 3.8) is 0 Å². The highest BCUT2D eigenvalue weighted by atomic mass is 16.5. The maximum atomic E-state index is 10.6. The van der Waals surface area contributed by atoms with Crippen LogP contribution < -0.4 is 0 Å². The maximum absolute atomic E-state index is 10.6. The molecule has 2 aromatic rings. The summed E-state index contributed by atoms with van der Waals surface area (Å²) in [7, 11) is 0. The molecule has 0 aromatic heterocycles. The first-order chi connectivity index (χ1) is 12.2. The molecule has 0 unspecified atom stereocenters. The van der Waals surface area contributed by atoms with E-state index in [0.29, 0.717) is 19.1 Å². The molecule has 1 saturated heterocycles. The lowest BCUT2D eigenvalue weighted by atomic mass is 10.1. The molecule has 1 heterocycles. The number of hydrogen-bond donors (Lipinski definition) is 1. The van der Waals surface area contributed by atoms with Crippen LogP contribution in [0.5, 0.6) is 0 Å². The van der Waals surface area contributed by atoms with Gasteiger partial charge >= 0.3 is 0 Å².